The van der Waals surface area contributed by atoms with E-state index in [9.17, 15) is 23.3 Å². The number of alkyl halides is 3. The van der Waals surface area contributed by atoms with Crippen molar-refractivity contribution < 1.29 is 22.8 Å². The Hall–Kier alpha value is -2.84. The lowest BCUT2D eigenvalue weighted by Crippen LogP contribution is -2.08. The summed E-state index contributed by atoms with van der Waals surface area (Å²) in [5, 5.41) is 10.9. The molecule has 0 aliphatic carbocycles. The van der Waals surface area contributed by atoms with E-state index >= 15 is 0 Å². The van der Waals surface area contributed by atoms with Gasteiger partial charge in [0, 0.05) is 5.56 Å². The summed E-state index contributed by atoms with van der Waals surface area (Å²) in [5.41, 5.74) is 3.32. The lowest BCUT2D eigenvalue weighted by Gasteiger charge is -2.13. The highest BCUT2D eigenvalue weighted by Crippen LogP contribution is 2.40. The van der Waals surface area contributed by atoms with Gasteiger partial charge in [-0.1, -0.05) is 18.2 Å². The number of rotatable bonds is 3. The molecule has 0 unspecified atom stereocenters. The molecule has 2 rings (SSSR count). The maximum absolute atomic E-state index is 13.0. The number of hydrogen-bond donors (Lipinski definition) is 1. The second kappa shape index (κ2) is 5.51. The number of pyridine rings is 1. The molecule has 0 fully saturated rings. The van der Waals surface area contributed by atoms with E-state index in [1.165, 1.54) is 18.2 Å². The van der Waals surface area contributed by atoms with E-state index in [2.05, 4.69) is 4.98 Å². The quantitative estimate of drug-likeness (QED) is 0.693. The van der Waals surface area contributed by atoms with Gasteiger partial charge < -0.3 is 10.5 Å². The van der Waals surface area contributed by atoms with Crippen molar-refractivity contribution in [2.24, 2.45) is 0 Å². The van der Waals surface area contributed by atoms with Gasteiger partial charge in [0.05, 0.1) is 23.3 Å². The highest BCUT2D eigenvalue weighted by atomic mass is 19.4. The van der Waals surface area contributed by atoms with Gasteiger partial charge in [0.25, 0.3) is 5.88 Å². The van der Waals surface area contributed by atoms with Crippen molar-refractivity contribution in [3.63, 3.8) is 0 Å². The SMILES string of the molecule is COc1nc(-c2ccccc2C(F)(F)F)cc(N)c1[N+](=O)[O-]. The van der Waals surface area contributed by atoms with E-state index in [-0.39, 0.29) is 16.9 Å². The standard InChI is InChI=1S/C13H10F3N3O3/c1-22-12-11(19(20)21)9(17)6-10(18-12)7-4-2-3-5-8(7)13(14,15)16/h2-6H,1H3,(H2,17,18). The van der Waals surface area contributed by atoms with E-state index in [0.29, 0.717) is 0 Å². The predicted molar refractivity (Wildman–Crippen MR) is 72.3 cm³/mol. The largest absolute Gasteiger partial charge is 0.476 e. The minimum Gasteiger partial charge on any atom is -0.476 e. The van der Waals surface area contributed by atoms with Crippen LogP contribution in [0.4, 0.5) is 24.5 Å². The molecule has 0 bridgehead atoms. The van der Waals surface area contributed by atoms with Gasteiger partial charge in [-0.25, -0.2) is 4.98 Å². The summed E-state index contributed by atoms with van der Waals surface area (Å²) in [4.78, 5) is 13.9. The molecule has 0 saturated carbocycles. The van der Waals surface area contributed by atoms with Gasteiger partial charge in [-0.15, -0.1) is 0 Å². The first-order valence-corrected chi connectivity index (χ1v) is 5.91. The monoisotopic (exact) mass is 313 g/mol. The second-order valence-electron chi connectivity index (χ2n) is 4.26. The molecule has 0 aliphatic rings. The summed E-state index contributed by atoms with van der Waals surface area (Å²) in [6.45, 7) is 0. The molecule has 0 saturated heterocycles. The van der Waals surface area contributed by atoms with Crippen LogP contribution in [0, 0.1) is 10.1 Å². The number of ether oxygens (including phenoxy) is 1. The number of anilines is 1. The molecule has 0 radical (unpaired) electrons. The molecule has 22 heavy (non-hydrogen) atoms. The zero-order valence-electron chi connectivity index (χ0n) is 11.2. The molecule has 2 N–H and O–H groups in total. The van der Waals surface area contributed by atoms with Crippen LogP contribution in [0.15, 0.2) is 30.3 Å². The number of hydrogen-bond acceptors (Lipinski definition) is 5. The minimum absolute atomic E-state index is 0.159. The van der Waals surface area contributed by atoms with Gasteiger partial charge in [0.15, 0.2) is 0 Å². The smallest absolute Gasteiger partial charge is 0.417 e. The summed E-state index contributed by atoms with van der Waals surface area (Å²) < 4.78 is 43.8. The molecule has 1 aromatic carbocycles. The summed E-state index contributed by atoms with van der Waals surface area (Å²) in [6.07, 6.45) is -4.60. The number of aromatic nitrogens is 1. The Morgan fingerprint density at radius 3 is 2.50 bits per heavy atom. The van der Waals surface area contributed by atoms with Crippen LogP contribution >= 0.6 is 0 Å². The molecular formula is C13H10F3N3O3. The van der Waals surface area contributed by atoms with Crippen molar-refractivity contribution in [3.8, 4) is 17.1 Å². The minimum atomic E-state index is -4.60. The predicted octanol–water partition coefficient (Wildman–Crippen LogP) is 3.27. The first kappa shape index (κ1) is 15.5. The van der Waals surface area contributed by atoms with Crippen molar-refractivity contribution in [2.45, 2.75) is 6.18 Å². The molecule has 0 atom stereocenters. The lowest BCUT2D eigenvalue weighted by molar-refractivity contribution is -0.385. The van der Waals surface area contributed by atoms with Crippen molar-refractivity contribution in [2.75, 3.05) is 12.8 Å². The molecule has 0 amide bonds. The van der Waals surface area contributed by atoms with E-state index in [0.717, 1.165) is 19.2 Å². The second-order valence-corrected chi connectivity index (χ2v) is 4.26. The van der Waals surface area contributed by atoms with Crippen LogP contribution in [0.1, 0.15) is 5.56 Å². The molecule has 6 nitrogen and oxygen atoms in total. The lowest BCUT2D eigenvalue weighted by atomic mass is 10.0. The molecule has 1 heterocycles. The number of benzene rings is 1. The number of nitrogens with two attached hydrogens (primary N) is 1. The number of halogens is 3. The van der Waals surface area contributed by atoms with Crippen LogP contribution in [-0.2, 0) is 6.18 Å². The van der Waals surface area contributed by atoms with E-state index in [1.807, 2.05) is 0 Å². The normalized spacial score (nSPS) is 11.3. The molecular weight excluding hydrogens is 303 g/mol. The first-order valence-electron chi connectivity index (χ1n) is 5.91. The van der Waals surface area contributed by atoms with Crippen molar-refractivity contribution in [1.82, 2.24) is 4.98 Å². The molecule has 0 spiro atoms. The maximum Gasteiger partial charge on any atom is 0.417 e. The molecule has 9 heteroatoms. The Balaban J connectivity index is 2.70. The van der Waals surface area contributed by atoms with E-state index in [1.54, 1.807) is 0 Å². The molecule has 116 valence electrons. The molecule has 2 aromatic rings. The summed E-state index contributed by atoms with van der Waals surface area (Å²) in [5.74, 6) is -0.447. The van der Waals surface area contributed by atoms with Gasteiger partial charge in [0.2, 0.25) is 0 Å². The van der Waals surface area contributed by atoms with Crippen LogP contribution in [0.25, 0.3) is 11.3 Å². The van der Waals surface area contributed by atoms with Gasteiger partial charge >= 0.3 is 11.9 Å². The summed E-state index contributed by atoms with van der Waals surface area (Å²) in [6, 6.07) is 5.75. The van der Waals surface area contributed by atoms with Gasteiger partial charge in [-0.2, -0.15) is 13.2 Å². The summed E-state index contributed by atoms with van der Waals surface area (Å²) >= 11 is 0. The first-order chi connectivity index (χ1) is 10.3. The Morgan fingerprint density at radius 2 is 1.95 bits per heavy atom. The number of methoxy groups -OCH3 is 1. The Morgan fingerprint density at radius 1 is 1.32 bits per heavy atom. The van der Waals surface area contributed by atoms with Crippen LogP contribution in [0.3, 0.4) is 0 Å². The van der Waals surface area contributed by atoms with Crippen molar-refractivity contribution in [3.05, 3.63) is 46.0 Å². The van der Waals surface area contributed by atoms with Crippen LogP contribution in [-0.4, -0.2) is 17.0 Å². The number of nitro groups is 1. The topological polar surface area (TPSA) is 91.3 Å². The fraction of sp³-hybridized carbons (Fsp3) is 0.154. The number of nitrogen functional groups attached to an aromatic ring is 1. The summed E-state index contributed by atoms with van der Waals surface area (Å²) in [7, 11) is 1.12. The average Bonchev–Trinajstić information content (AvgIpc) is 2.45. The van der Waals surface area contributed by atoms with Crippen molar-refractivity contribution >= 4 is 11.4 Å². The molecule has 1 aromatic heterocycles. The fourth-order valence-electron chi connectivity index (χ4n) is 1.95. The maximum atomic E-state index is 13.0. The van der Waals surface area contributed by atoms with Crippen LogP contribution in [0.2, 0.25) is 0 Å². The van der Waals surface area contributed by atoms with Crippen LogP contribution < -0.4 is 10.5 Å². The highest BCUT2D eigenvalue weighted by Gasteiger charge is 2.34. The van der Waals surface area contributed by atoms with Gasteiger partial charge in [0.1, 0.15) is 5.69 Å². The Labute approximate surface area is 122 Å². The zero-order chi connectivity index (χ0) is 16.5. The zero-order valence-corrected chi connectivity index (χ0v) is 11.2. The fourth-order valence-corrected chi connectivity index (χ4v) is 1.95. The Kier molecular flexibility index (Phi) is 3.89. The van der Waals surface area contributed by atoms with E-state index in [4.69, 9.17) is 10.5 Å². The van der Waals surface area contributed by atoms with Crippen molar-refractivity contribution in [1.29, 1.82) is 0 Å². The van der Waals surface area contributed by atoms with Gasteiger partial charge in [-0.05, 0) is 12.1 Å². The third-order valence-corrected chi connectivity index (χ3v) is 2.87. The number of nitrogens with zero attached hydrogens (tertiary/aromatic N) is 2. The van der Waals surface area contributed by atoms with E-state index < -0.39 is 28.2 Å². The third kappa shape index (κ3) is 2.78. The third-order valence-electron chi connectivity index (χ3n) is 2.87. The van der Waals surface area contributed by atoms with Gasteiger partial charge in [-0.3, -0.25) is 10.1 Å². The molecule has 0 aliphatic heterocycles. The van der Waals surface area contributed by atoms with Crippen LogP contribution in [0.5, 0.6) is 5.88 Å². The Bertz CT molecular complexity index is 732. The average molecular weight is 313 g/mol. The highest BCUT2D eigenvalue weighted by molar-refractivity contribution is 5.74.